The van der Waals surface area contributed by atoms with Crippen molar-refractivity contribution in [2.75, 3.05) is 0 Å². The number of unbranched alkanes of at least 4 members (excludes halogenated alkanes) is 5. The van der Waals surface area contributed by atoms with E-state index in [9.17, 15) is 0 Å². The normalized spacial score (nSPS) is 12.6. The van der Waals surface area contributed by atoms with E-state index in [1.165, 1.54) is 57.8 Å². The molecular weight excluding hydrogens is 192 g/mol. The Morgan fingerprint density at radius 3 is 2.31 bits per heavy atom. The summed E-state index contributed by atoms with van der Waals surface area (Å²) < 4.78 is 0. The first-order valence-corrected chi connectivity index (χ1v) is 7.10. The van der Waals surface area contributed by atoms with E-state index in [0.717, 1.165) is 0 Å². The van der Waals surface area contributed by atoms with E-state index >= 15 is 0 Å². The van der Waals surface area contributed by atoms with Crippen LogP contribution in [0.1, 0.15) is 78.6 Å². The average Bonchev–Trinajstić information content (AvgIpc) is 2.32. The topological polar surface area (TPSA) is 0 Å². The summed E-state index contributed by atoms with van der Waals surface area (Å²) in [6.07, 6.45) is 19.4. The van der Waals surface area contributed by atoms with Gasteiger partial charge in [-0.15, -0.1) is 0 Å². The maximum absolute atomic E-state index is 3.34. The predicted octanol–water partition coefficient (Wildman–Crippen LogP) is 5.84. The summed E-state index contributed by atoms with van der Waals surface area (Å²) in [4.78, 5) is 0. The quantitative estimate of drug-likeness (QED) is 0.321. The van der Waals surface area contributed by atoms with Crippen LogP contribution in [0.2, 0.25) is 0 Å². The molecule has 0 aliphatic carbocycles. The van der Waals surface area contributed by atoms with Gasteiger partial charge in [0.2, 0.25) is 0 Å². The summed E-state index contributed by atoms with van der Waals surface area (Å²) in [7, 11) is 0. The van der Waals surface area contributed by atoms with Crippen LogP contribution in [0.3, 0.4) is 0 Å². The number of allylic oxidation sites excluding steroid dienone is 4. The molecular formula is C16H29. The molecule has 0 unspecified atom stereocenters. The molecule has 0 fully saturated rings. The Hall–Kier alpha value is -0.520. The lowest BCUT2D eigenvalue weighted by molar-refractivity contribution is 0.674. The summed E-state index contributed by atoms with van der Waals surface area (Å²) in [5.74, 6) is 0. The highest BCUT2D eigenvalue weighted by atomic mass is 14.0. The number of hydrogen-bond donors (Lipinski definition) is 0. The van der Waals surface area contributed by atoms with Gasteiger partial charge in [0.05, 0.1) is 0 Å². The zero-order chi connectivity index (χ0) is 12.1. The second kappa shape index (κ2) is 12.5. The Morgan fingerprint density at radius 2 is 1.69 bits per heavy atom. The summed E-state index contributed by atoms with van der Waals surface area (Å²) in [5, 5.41) is 0. The van der Waals surface area contributed by atoms with Gasteiger partial charge in [-0.25, -0.2) is 0 Å². The second-order valence-corrected chi connectivity index (χ2v) is 4.48. The third-order valence-electron chi connectivity index (χ3n) is 2.91. The first-order valence-electron chi connectivity index (χ1n) is 7.10. The van der Waals surface area contributed by atoms with Crippen molar-refractivity contribution in [3.8, 4) is 0 Å². The third kappa shape index (κ3) is 10.0. The molecule has 0 N–H and O–H groups in total. The van der Waals surface area contributed by atoms with Crippen molar-refractivity contribution in [3.05, 3.63) is 23.8 Å². The molecule has 0 spiro atoms. The first kappa shape index (κ1) is 15.5. The average molecular weight is 221 g/mol. The SMILES string of the molecule is CCCCCC/C=[C]/C=C(CC)CCCC. The molecule has 0 aromatic heterocycles. The van der Waals surface area contributed by atoms with Gasteiger partial charge >= 0.3 is 0 Å². The maximum atomic E-state index is 3.34. The van der Waals surface area contributed by atoms with Crippen molar-refractivity contribution in [2.24, 2.45) is 0 Å². The number of hydrogen-bond acceptors (Lipinski definition) is 0. The van der Waals surface area contributed by atoms with E-state index in [1.54, 1.807) is 5.57 Å². The van der Waals surface area contributed by atoms with Crippen molar-refractivity contribution in [1.29, 1.82) is 0 Å². The van der Waals surface area contributed by atoms with E-state index in [0.29, 0.717) is 0 Å². The van der Waals surface area contributed by atoms with Crippen molar-refractivity contribution in [2.45, 2.75) is 78.6 Å². The molecule has 0 bridgehead atoms. The van der Waals surface area contributed by atoms with Crippen LogP contribution < -0.4 is 0 Å². The monoisotopic (exact) mass is 221 g/mol. The minimum absolute atomic E-state index is 1.18. The van der Waals surface area contributed by atoms with E-state index in [2.05, 4.69) is 39.0 Å². The van der Waals surface area contributed by atoms with Gasteiger partial charge in [0, 0.05) is 0 Å². The largest absolute Gasteiger partial charge is 0.0767 e. The molecule has 16 heavy (non-hydrogen) atoms. The van der Waals surface area contributed by atoms with Crippen LogP contribution in [0.15, 0.2) is 17.7 Å². The fourth-order valence-corrected chi connectivity index (χ4v) is 1.69. The van der Waals surface area contributed by atoms with E-state index < -0.39 is 0 Å². The zero-order valence-electron chi connectivity index (χ0n) is 11.5. The number of rotatable bonds is 10. The first-order chi connectivity index (χ1) is 7.85. The fraction of sp³-hybridized carbons (Fsp3) is 0.750. The molecule has 0 heteroatoms. The predicted molar refractivity (Wildman–Crippen MR) is 74.5 cm³/mol. The molecule has 0 aliphatic heterocycles. The Balaban J connectivity index is 3.62. The van der Waals surface area contributed by atoms with Crippen molar-refractivity contribution >= 4 is 0 Å². The molecule has 0 nitrogen and oxygen atoms in total. The van der Waals surface area contributed by atoms with Crippen LogP contribution in [0.4, 0.5) is 0 Å². The van der Waals surface area contributed by atoms with Crippen LogP contribution in [-0.2, 0) is 0 Å². The summed E-state index contributed by atoms with van der Waals surface area (Å²) in [6.45, 7) is 6.75. The van der Waals surface area contributed by atoms with Gasteiger partial charge in [0.25, 0.3) is 0 Å². The van der Waals surface area contributed by atoms with Gasteiger partial charge in [-0.3, -0.25) is 0 Å². The molecule has 0 aromatic rings. The van der Waals surface area contributed by atoms with Gasteiger partial charge in [-0.1, -0.05) is 64.2 Å². The van der Waals surface area contributed by atoms with Crippen LogP contribution in [0.5, 0.6) is 0 Å². The summed E-state index contributed by atoms with van der Waals surface area (Å²) in [6, 6.07) is 0. The van der Waals surface area contributed by atoms with Crippen LogP contribution in [0.25, 0.3) is 0 Å². The Kier molecular flexibility index (Phi) is 12.1. The van der Waals surface area contributed by atoms with E-state index in [4.69, 9.17) is 0 Å². The van der Waals surface area contributed by atoms with Gasteiger partial charge in [-0.05, 0) is 38.2 Å². The third-order valence-corrected chi connectivity index (χ3v) is 2.91. The van der Waals surface area contributed by atoms with Gasteiger partial charge < -0.3 is 0 Å². The smallest absolute Gasteiger partial charge is 0.0228 e. The lowest BCUT2D eigenvalue weighted by Crippen LogP contribution is -1.81. The minimum Gasteiger partial charge on any atom is -0.0767 e. The van der Waals surface area contributed by atoms with Crippen LogP contribution in [-0.4, -0.2) is 0 Å². The van der Waals surface area contributed by atoms with Crippen LogP contribution >= 0.6 is 0 Å². The molecule has 93 valence electrons. The highest BCUT2D eigenvalue weighted by Gasteiger charge is 1.91. The van der Waals surface area contributed by atoms with Gasteiger partial charge in [-0.2, -0.15) is 0 Å². The molecule has 0 amide bonds. The molecule has 0 aliphatic rings. The van der Waals surface area contributed by atoms with Crippen molar-refractivity contribution in [3.63, 3.8) is 0 Å². The molecule has 0 aromatic carbocycles. The second-order valence-electron chi connectivity index (χ2n) is 4.48. The highest BCUT2D eigenvalue weighted by molar-refractivity contribution is 5.07. The fourth-order valence-electron chi connectivity index (χ4n) is 1.69. The highest BCUT2D eigenvalue weighted by Crippen LogP contribution is 2.11. The Labute approximate surface area is 103 Å². The van der Waals surface area contributed by atoms with E-state index in [1.807, 2.05) is 0 Å². The Bertz CT molecular complexity index is 186. The van der Waals surface area contributed by atoms with E-state index in [-0.39, 0.29) is 0 Å². The Morgan fingerprint density at radius 1 is 0.938 bits per heavy atom. The van der Waals surface area contributed by atoms with Crippen molar-refractivity contribution in [1.82, 2.24) is 0 Å². The van der Waals surface area contributed by atoms with Gasteiger partial charge in [0.15, 0.2) is 0 Å². The maximum Gasteiger partial charge on any atom is -0.0228 e. The molecule has 0 rings (SSSR count). The van der Waals surface area contributed by atoms with Crippen molar-refractivity contribution < 1.29 is 0 Å². The zero-order valence-corrected chi connectivity index (χ0v) is 11.5. The standard InChI is InChI=1S/C16H29/c1-4-7-9-10-11-12-13-15-16(6-3)14-8-5-2/h12,15H,4-11,14H2,1-3H3. The molecule has 0 saturated heterocycles. The van der Waals surface area contributed by atoms with Gasteiger partial charge in [0.1, 0.15) is 0 Å². The lowest BCUT2D eigenvalue weighted by atomic mass is 10.1. The lowest BCUT2D eigenvalue weighted by Gasteiger charge is -2.00. The molecule has 0 atom stereocenters. The summed E-state index contributed by atoms with van der Waals surface area (Å²) in [5.41, 5.74) is 1.55. The molecule has 0 heterocycles. The molecule has 1 radical (unpaired) electrons. The van der Waals surface area contributed by atoms with Crippen LogP contribution in [0, 0.1) is 6.08 Å². The molecule has 0 saturated carbocycles. The minimum atomic E-state index is 1.18. The summed E-state index contributed by atoms with van der Waals surface area (Å²) >= 11 is 0.